The molecule has 90 valence electrons. The fourth-order valence-corrected chi connectivity index (χ4v) is 3.01. The van der Waals surface area contributed by atoms with E-state index in [1.807, 2.05) is 0 Å². The highest BCUT2D eigenvalue weighted by Gasteiger charge is 2.40. The Morgan fingerprint density at radius 1 is 1.20 bits per heavy atom. The molecule has 0 aromatic heterocycles. The van der Waals surface area contributed by atoms with E-state index >= 15 is 0 Å². The molecule has 0 radical (unpaired) electrons. The summed E-state index contributed by atoms with van der Waals surface area (Å²) in [5.41, 5.74) is 0. The molecular formula is C13H26O2. The van der Waals surface area contributed by atoms with E-state index < -0.39 is 0 Å². The third-order valence-corrected chi connectivity index (χ3v) is 4.26. The van der Waals surface area contributed by atoms with Crippen molar-refractivity contribution < 1.29 is 9.84 Å². The number of ether oxygens (including phenoxy) is 1. The first-order valence-corrected chi connectivity index (χ1v) is 6.36. The summed E-state index contributed by atoms with van der Waals surface area (Å²) < 4.78 is 5.50. The molecule has 0 aromatic carbocycles. The zero-order valence-electron chi connectivity index (χ0n) is 10.6. The van der Waals surface area contributed by atoms with E-state index in [1.165, 1.54) is 12.8 Å². The lowest BCUT2D eigenvalue weighted by molar-refractivity contribution is -0.0570. The zero-order valence-corrected chi connectivity index (χ0v) is 10.6. The second-order valence-corrected chi connectivity index (χ2v) is 4.92. The van der Waals surface area contributed by atoms with Crippen molar-refractivity contribution in [1.82, 2.24) is 0 Å². The Labute approximate surface area is 94.0 Å². The van der Waals surface area contributed by atoms with Gasteiger partial charge in [0.05, 0.1) is 12.2 Å². The molecule has 0 amide bonds. The Hall–Kier alpha value is -0.0800. The van der Waals surface area contributed by atoms with Crippen LogP contribution >= 0.6 is 0 Å². The monoisotopic (exact) mass is 214 g/mol. The number of aliphatic hydroxyl groups excluding tert-OH is 1. The van der Waals surface area contributed by atoms with Gasteiger partial charge in [0.1, 0.15) is 0 Å². The van der Waals surface area contributed by atoms with E-state index in [9.17, 15) is 5.11 Å². The maximum absolute atomic E-state index is 9.88. The van der Waals surface area contributed by atoms with E-state index in [0.29, 0.717) is 23.9 Å². The summed E-state index contributed by atoms with van der Waals surface area (Å²) in [6, 6.07) is 0. The van der Waals surface area contributed by atoms with Crippen LogP contribution in [-0.2, 0) is 4.74 Å². The molecule has 5 unspecified atom stereocenters. The van der Waals surface area contributed by atoms with Crippen molar-refractivity contribution in [3.8, 4) is 0 Å². The second-order valence-electron chi connectivity index (χ2n) is 4.92. The fraction of sp³-hybridized carbons (Fsp3) is 1.00. The first-order valence-electron chi connectivity index (χ1n) is 6.36. The minimum Gasteiger partial charge on any atom is -0.393 e. The minimum absolute atomic E-state index is 0.0967. The zero-order chi connectivity index (χ0) is 11.4. The summed E-state index contributed by atoms with van der Waals surface area (Å²) in [6.07, 6.45) is 4.69. The Morgan fingerprint density at radius 3 is 2.13 bits per heavy atom. The first-order chi connectivity index (χ1) is 7.15. The number of rotatable bonds is 6. The van der Waals surface area contributed by atoms with Gasteiger partial charge in [0.25, 0.3) is 0 Å². The molecule has 1 aliphatic carbocycles. The van der Waals surface area contributed by atoms with Gasteiger partial charge in [-0.15, -0.1) is 0 Å². The summed E-state index contributed by atoms with van der Waals surface area (Å²) in [5.74, 6) is 1.78. The molecule has 1 aliphatic rings. The maximum Gasteiger partial charge on any atom is 0.0597 e. The quantitative estimate of drug-likeness (QED) is 0.736. The largest absolute Gasteiger partial charge is 0.393 e. The van der Waals surface area contributed by atoms with Crippen LogP contribution in [0.2, 0.25) is 0 Å². The van der Waals surface area contributed by atoms with Gasteiger partial charge in [0, 0.05) is 7.11 Å². The Morgan fingerprint density at radius 2 is 1.80 bits per heavy atom. The molecule has 0 aromatic rings. The fourth-order valence-electron chi connectivity index (χ4n) is 3.01. The van der Waals surface area contributed by atoms with Crippen LogP contribution in [0.5, 0.6) is 0 Å². The summed E-state index contributed by atoms with van der Waals surface area (Å²) >= 11 is 0. The van der Waals surface area contributed by atoms with Gasteiger partial charge in [0.2, 0.25) is 0 Å². The standard InChI is InChI=1S/C13H26O2/c1-5-12(14)11-8-7-10(11)9(3)13(6-2)15-4/h9-14H,5-8H2,1-4H3. The van der Waals surface area contributed by atoms with Crippen LogP contribution in [0.3, 0.4) is 0 Å². The molecule has 1 N–H and O–H groups in total. The number of hydrogen-bond acceptors (Lipinski definition) is 2. The lowest BCUT2D eigenvalue weighted by atomic mass is 9.63. The molecule has 1 saturated carbocycles. The second kappa shape index (κ2) is 5.86. The summed E-state index contributed by atoms with van der Waals surface area (Å²) in [4.78, 5) is 0. The van der Waals surface area contributed by atoms with Crippen molar-refractivity contribution in [3.63, 3.8) is 0 Å². The molecule has 1 fully saturated rings. The highest BCUT2D eigenvalue weighted by molar-refractivity contribution is 4.90. The molecular weight excluding hydrogens is 188 g/mol. The van der Waals surface area contributed by atoms with Crippen LogP contribution in [-0.4, -0.2) is 24.4 Å². The summed E-state index contributed by atoms with van der Waals surface area (Å²) in [7, 11) is 1.80. The molecule has 15 heavy (non-hydrogen) atoms. The van der Waals surface area contributed by atoms with Crippen molar-refractivity contribution in [2.24, 2.45) is 17.8 Å². The van der Waals surface area contributed by atoms with Crippen LogP contribution in [0.25, 0.3) is 0 Å². The van der Waals surface area contributed by atoms with Crippen molar-refractivity contribution in [2.45, 2.75) is 58.7 Å². The van der Waals surface area contributed by atoms with Crippen LogP contribution in [0.15, 0.2) is 0 Å². The van der Waals surface area contributed by atoms with E-state index in [-0.39, 0.29) is 6.10 Å². The minimum atomic E-state index is -0.0967. The molecule has 5 atom stereocenters. The molecule has 0 spiro atoms. The SMILES string of the molecule is CCC(O)C1CCC1C(C)C(CC)OC. The molecule has 1 rings (SSSR count). The lowest BCUT2D eigenvalue weighted by Crippen LogP contribution is -2.43. The topological polar surface area (TPSA) is 29.5 Å². The Balaban J connectivity index is 2.49. The Bertz CT molecular complexity index is 177. The third-order valence-electron chi connectivity index (χ3n) is 4.26. The predicted molar refractivity (Wildman–Crippen MR) is 62.8 cm³/mol. The van der Waals surface area contributed by atoms with Crippen LogP contribution < -0.4 is 0 Å². The van der Waals surface area contributed by atoms with Crippen molar-refractivity contribution in [3.05, 3.63) is 0 Å². The average molecular weight is 214 g/mol. The molecule has 0 bridgehead atoms. The lowest BCUT2D eigenvalue weighted by Gasteiger charge is -2.45. The highest BCUT2D eigenvalue weighted by atomic mass is 16.5. The highest BCUT2D eigenvalue weighted by Crippen LogP contribution is 2.44. The average Bonchev–Trinajstić information content (AvgIpc) is 2.17. The van der Waals surface area contributed by atoms with Gasteiger partial charge in [-0.05, 0) is 43.4 Å². The predicted octanol–water partition coefficient (Wildman–Crippen LogP) is 2.84. The van der Waals surface area contributed by atoms with Gasteiger partial charge in [-0.1, -0.05) is 20.8 Å². The first kappa shape index (κ1) is 13.0. The van der Waals surface area contributed by atoms with Gasteiger partial charge in [-0.25, -0.2) is 0 Å². The maximum atomic E-state index is 9.88. The molecule has 0 aliphatic heterocycles. The number of aliphatic hydroxyl groups is 1. The van der Waals surface area contributed by atoms with Crippen LogP contribution in [0, 0.1) is 17.8 Å². The van der Waals surface area contributed by atoms with Gasteiger partial charge < -0.3 is 9.84 Å². The van der Waals surface area contributed by atoms with E-state index in [2.05, 4.69) is 20.8 Å². The number of hydrogen-bond donors (Lipinski definition) is 1. The third kappa shape index (κ3) is 2.73. The van der Waals surface area contributed by atoms with Gasteiger partial charge >= 0.3 is 0 Å². The molecule has 0 heterocycles. The molecule has 2 nitrogen and oxygen atoms in total. The van der Waals surface area contributed by atoms with Crippen molar-refractivity contribution in [2.75, 3.05) is 7.11 Å². The Kier molecular flexibility index (Phi) is 5.07. The normalized spacial score (nSPS) is 31.8. The van der Waals surface area contributed by atoms with E-state index in [0.717, 1.165) is 12.8 Å². The van der Waals surface area contributed by atoms with Crippen molar-refractivity contribution in [1.29, 1.82) is 0 Å². The van der Waals surface area contributed by atoms with Gasteiger partial charge in [-0.2, -0.15) is 0 Å². The van der Waals surface area contributed by atoms with E-state index in [4.69, 9.17) is 4.74 Å². The molecule has 2 heteroatoms. The van der Waals surface area contributed by atoms with E-state index in [1.54, 1.807) is 7.11 Å². The van der Waals surface area contributed by atoms with Crippen LogP contribution in [0.4, 0.5) is 0 Å². The molecule has 0 saturated heterocycles. The number of methoxy groups -OCH3 is 1. The summed E-state index contributed by atoms with van der Waals surface area (Å²) in [5, 5.41) is 9.88. The van der Waals surface area contributed by atoms with Crippen LogP contribution in [0.1, 0.15) is 46.5 Å². The summed E-state index contributed by atoms with van der Waals surface area (Å²) in [6.45, 7) is 6.52. The van der Waals surface area contributed by atoms with Gasteiger partial charge in [0.15, 0.2) is 0 Å². The van der Waals surface area contributed by atoms with Crippen molar-refractivity contribution >= 4 is 0 Å². The van der Waals surface area contributed by atoms with Gasteiger partial charge in [-0.3, -0.25) is 0 Å². The smallest absolute Gasteiger partial charge is 0.0597 e.